The quantitative estimate of drug-likeness (QED) is 0.931. The summed E-state index contributed by atoms with van der Waals surface area (Å²) in [4.78, 5) is 24.8. The average Bonchev–Trinajstić information content (AvgIpc) is 3.24. The molecule has 0 radical (unpaired) electrons. The van der Waals surface area contributed by atoms with Crippen LogP contribution in [0.4, 0.5) is 4.79 Å². The summed E-state index contributed by atoms with van der Waals surface area (Å²) in [6.07, 6.45) is 1.49. The maximum atomic E-state index is 12.5. The van der Waals surface area contributed by atoms with Gasteiger partial charge in [0.15, 0.2) is 5.69 Å². The molecule has 1 aromatic heterocycles. The molecular weight excluding hydrogens is 308 g/mol. The van der Waals surface area contributed by atoms with Crippen LogP contribution in [0.2, 0.25) is 0 Å². The van der Waals surface area contributed by atoms with Crippen molar-refractivity contribution in [3.8, 4) is 0 Å². The van der Waals surface area contributed by atoms with Gasteiger partial charge in [0.05, 0.1) is 0 Å². The van der Waals surface area contributed by atoms with Crippen molar-refractivity contribution in [1.29, 1.82) is 0 Å². The largest absolute Gasteiger partial charge is 0.361 e. The number of benzene rings is 1. The third kappa shape index (κ3) is 3.56. The molecule has 1 aliphatic heterocycles. The number of carbonyl (C=O) groups is 2. The Kier molecular flexibility index (Phi) is 4.79. The molecular formula is C17H20N4O3. The Morgan fingerprint density at radius 3 is 2.67 bits per heavy atom. The molecule has 1 saturated heterocycles. The zero-order valence-corrected chi connectivity index (χ0v) is 13.6. The van der Waals surface area contributed by atoms with Gasteiger partial charge in [0.2, 0.25) is 0 Å². The van der Waals surface area contributed by atoms with E-state index in [9.17, 15) is 9.59 Å². The van der Waals surface area contributed by atoms with Crippen LogP contribution < -0.4 is 5.32 Å². The van der Waals surface area contributed by atoms with Gasteiger partial charge in [-0.25, -0.2) is 14.8 Å². The van der Waals surface area contributed by atoms with Crippen LogP contribution in [0.25, 0.3) is 0 Å². The molecule has 7 nitrogen and oxygen atoms in total. The first kappa shape index (κ1) is 16.0. The summed E-state index contributed by atoms with van der Waals surface area (Å²) in [5, 5.41) is 9.46. The molecule has 3 rings (SSSR count). The third-order valence-corrected chi connectivity index (χ3v) is 3.88. The fourth-order valence-electron chi connectivity index (χ4n) is 2.68. The van der Waals surface area contributed by atoms with E-state index in [4.69, 9.17) is 4.52 Å². The van der Waals surface area contributed by atoms with E-state index in [0.717, 1.165) is 18.4 Å². The molecule has 0 atom stereocenters. The van der Waals surface area contributed by atoms with E-state index >= 15 is 0 Å². The van der Waals surface area contributed by atoms with Crippen molar-refractivity contribution in [3.05, 3.63) is 53.4 Å². The van der Waals surface area contributed by atoms with Gasteiger partial charge in [-0.05, 0) is 25.3 Å². The van der Waals surface area contributed by atoms with E-state index in [0.29, 0.717) is 25.4 Å². The second-order valence-electron chi connectivity index (χ2n) is 5.70. The fourth-order valence-corrected chi connectivity index (χ4v) is 2.68. The van der Waals surface area contributed by atoms with E-state index in [1.54, 1.807) is 13.0 Å². The lowest BCUT2D eigenvalue weighted by Crippen LogP contribution is -2.49. The normalized spacial score (nSPS) is 14.0. The van der Waals surface area contributed by atoms with Gasteiger partial charge in [0.25, 0.3) is 5.91 Å². The van der Waals surface area contributed by atoms with Gasteiger partial charge in [0, 0.05) is 25.7 Å². The molecule has 0 aliphatic carbocycles. The van der Waals surface area contributed by atoms with Crippen molar-refractivity contribution in [3.63, 3.8) is 0 Å². The molecule has 0 unspecified atom stereocenters. The molecule has 1 fully saturated rings. The van der Waals surface area contributed by atoms with Crippen LogP contribution in [0.3, 0.4) is 0 Å². The second-order valence-corrected chi connectivity index (χ2v) is 5.70. The lowest BCUT2D eigenvalue weighted by molar-refractivity contribution is 0.0367. The number of nitrogens with one attached hydrogen (secondary N) is 1. The molecule has 24 heavy (non-hydrogen) atoms. The minimum Gasteiger partial charge on any atom is -0.361 e. The molecule has 0 bridgehead atoms. The molecule has 2 aromatic rings. The molecule has 0 spiro atoms. The van der Waals surface area contributed by atoms with Gasteiger partial charge in [0.1, 0.15) is 5.76 Å². The first-order valence-corrected chi connectivity index (χ1v) is 7.99. The van der Waals surface area contributed by atoms with Crippen LogP contribution in [0.1, 0.15) is 28.2 Å². The summed E-state index contributed by atoms with van der Waals surface area (Å²) in [5.74, 6) is 0.249. The van der Waals surface area contributed by atoms with Crippen molar-refractivity contribution < 1.29 is 14.1 Å². The minimum atomic E-state index is -0.317. The molecule has 2 heterocycles. The number of urea groups is 1. The molecule has 1 aromatic carbocycles. The number of carbonyl (C=O) groups excluding carboxylic acids is 2. The summed E-state index contributed by atoms with van der Waals surface area (Å²) in [7, 11) is 0. The Hall–Kier alpha value is -2.83. The number of hydrogen-bond acceptors (Lipinski definition) is 4. The minimum absolute atomic E-state index is 0.219. The fraction of sp³-hybridized carbons (Fsp3) is 0.353. The van der Waals surface area contributed by atoms with Crippen molar-refractivity contribution in [2.75, 3.05) is 19.6 Å². The number of aromatic nitrogens is 1. The first-order valence-electron chi connectivity index (χ1n) is 7.99. The number of hydrazine groups is 1. The van der Waals surface area contributed by atoms with Gasteiger partial charge >= 0.3 is 6.03 Å². The second kappa shape index (κ2) is 7.16. The number of nitrogens with zero attached hydrogens (tertiary/aromatic N) is 3. The smallest absolute Gasteiger partial charge is 0.336 e. The van der Waals surface area contributed by atoms with Gasteiger partial charge in [-0.1, -0.05) is 35.5 Å². The van der Waals surface area contributed by atoms with Crippen molar-refractivity contribution in [1.82, 2.24) is 20.5 Å². The zero-order valence-electron chi connectivity index (χ0n) is 13.6. The highest BCUT2D eigenvalue weighted by atomic mass is 16.5. The molecule has 0 saturated carbocycles. The standard InChI is InChI=1S/C17H20N4O3/c1-13-12-15(19-24-13)16(22)20-10-5-11-21(20)17(23)18-9-8-14-6-3-2-4-7-14/h2-4,6-7,12H,5,8-11H2,1H3,(H,18,23). The summed E-state index contributed by atoms with van der Waals surface area (Å²) in [5.41, 5.74) is 1.38. The lowest BCUT2D eigenvalue weighted by atomic mass is 10.1. The maximum Gasteiger partial charge on any atom is 0.336 e. The highest BCUT2D eigenvalue weighted by Crippen LogP contribution is 2.15. The highest BCUT2D eigenvalue weighted by Gasteiger charge is 2.32. The van der Waals surface area contributed by atoms with E-state index in [-0.39, 0.29) is 17.6 Å². The van der Waals surface area contributed by atoms with Crippen LogP contribution in [-0.2, 0) is 6.42 Å². The van der Waals surface area contributed by atoms with Gasteiger partial charge < -0.3 is 9.84 Å². The summed E-state index contributed by atoms with van der Waals surface area (Å²) in [6.45, 7) is 3.25. The van der Waals surface area contributed by atoms with E-state index in [1.165, 1.54) is 10.0 Å². The van der Waals surface area contributed by atoms with Crippen LogP contribution in [0.5, 0.6) is 0 Å². The third-order valence-electron chi connectivity index (χ3n) is 3.88. The Morgan fingerprint density at radius 2 is 1.96 bits per heavy atom. The molecule has 126 valence electrons. The Balaban J connectivity index is 1.56. The van der Waals surface area contributed by atoms with Crippen LogP contribution >= 0.6 is 0 Å². The Bertz CT molecular complexity index is 714. The average molecular weight is 328 g/mol. The number of aryl methyl sites for hydroxylation is 1. The Morgan fingerprint density at radius 1 is 1.21 bits per heavy atom. The van der Waals surface area contributed by atoms with Gasteiger partial charge in [-0.15, -0.1) is 0 Å². The van der Waals surface area contributed by atoms with Crippen LogP contribution in [-0.4, -0.2) is 46.7 Å². The van der Waals surface area contributed by atoms with Gasteiger partial charge in [-0.2, -0.15) is 0 Å². The number of rotatable bonds is 4. The summed E-state index contributed by atoms with van der Waals surface area (Å²) in [6, 6.07) is 11.2. The topological polar surface area (TPSA) is 78.7 Å². The predicted molar refractivity (Wildman–Crippen MR) is 87.1 cm³/mol. The predicted octanol–water partition coefficient (Wildman–Crippen LogP) is 2.00. The van der Waals surface area contributed by atoms with Gasteiger partial charge in [-0.3, -0.25) is 4.79 Å². The van der Waals surface area contributed by atoms with Crippen LogP contribution in [0.15, 0.2) is 40.9 Å². The monoisotopic (exact) mass is 328 g/mol. The van der Waals surface area contributed by atoms with Crippen molar-refractivity contribution in [2.45, 2.75) is 19.8 Å². The van der Waals surface area contributed by atoms with Crippen molar-refractivity contribution >= 4 is 11.9 Å². The summed E-state index contributed by atoms with van der Waals surface area (Å²) >= 11 is 0. The Labute approximate surface area is 140 Å². The van der Waals surface area contributed by atoms with Crippen molar-refractivity contribution in [2.24, 2.45) is 0 Å². The lowest BCUT2D eigenvalue weighted by Gasteiger charge is -2.27. The maximum absolute atomic E-state index is 12.5. The first-order chi connectivity index (χ1) is 11.6. The highest BCUT2D eigenvalue weighted by molar-refractivity contribution is 5.93. The molecule has 3 amide bonds. The molecule has 1 aliphatic rings. The van der Waals surface area contributed by atoms with E-state index in [2.05, 4.69) is 10.5 Å². The number of hydrogen-bond donors (Lipinski definition) is 1. The number of amides is 3. The summed E-state index contributed by atoms with van der Waals surface area (Å²) < 4.78 is 4.94. The van der Waals surface area contributed by atoms with E-state index in [1.807, 2.05) is 30.3 Å². The zero-order chi connectivity index (χ0) is 16.9. The molecule has 7 heteroatoms. The molecule has 1 N–H and O–H groups in total. The van der Waals surface area contributed by atoms with Crippen LogP contribution in [0, 0.1) is 6.92 Å². The van der Waals surface area contributed by atoms with E-state index < -0.39 is 0 Å². The SMILES string of the molecule is Cc1cc(C(=O)N2CCCN2C(=O)NCCc2ccccc2)no1.